The summed E-state index contributed by atoms with van der Waals surface area (Å²) in [5.74, 6) is 1.01. The topological polar surface area (TPSA) is 64.4 Å². The average molecular weight is 277 g/mol. The van der Waals surface area contributed by atoms with E-state index >= 15 is 0 Å². The lowest BCUT2D eigenvalue weighted by atomic mass is 9.92. The molecule has 1 atom stereocenters. The van der Waals surface area contributed by atoms with Gasteiger partial charge in [0.15, 0.2) is 0 Å². The summed E-state index contributed by atoms with van der Waals surface area (Å²) in [4.78, 5) is 11.9. The molecule has 1 heterocycles. The van der Waals surface area contributed by atoms with E-state index < -0.39 is 0 Å². The minimum atomic E-state index is -0.347. The largest absolute Gasteiger partial charge is 0.381 e. The molecule has 0 aromatic carbocycles. The molecule has 2 aliphatic rings. The molecule has 0 radical (unpaired) electrons. The van der Waals surface area contributed by atoms with E-state index in [0.29, 0.717) is 11.8 Å². The van der Waals surface area contributed by atoms with Crippen LogP contribution in [0.4, 0.5) is 0 Å². The van der Waals surface area contributed by atoms with Gasteiger partial charge < -0.3 is 15.8 Å². The molecule has 0 aromatic heterocycles. The molecule has 18 heavy (non-hydrogen) atoms. The van der Waals surface area contributed by atoms with Gasteiger partial charge in [0.05, 0.1) is 6.04 Å². The van der Waals surface area contributed by atoms with Crippen molar-refractivity contribution >= 4 is 18.3 Å². The van der Waals surface area contributed by atoms with E-state index in [1.807, 2.05) is 0 Å². The van der Waals surface area contributed by atoms with Crippen LogP contribution in [0.15, 0.2) is 0 Å². The highest BCUT2D eigenvalue weighted by Crippen LogP contribution is 2.24. The molecule has 1 saturated carbocycles. The van der Waals surface area contributed by atoms with Crippen molar-refractivity contribution in [3.05, 3.63) is 0 Å². The molecule has 5 heteroatoms. The Morgan fingerprint density at radius 1 is 1.22 bits per heavy atom. The van der Waals surface area contributed by atoms with Crippen molar-refractivity contribution in [1.82, 2.24) is 5.32 Å². The van der Waals surface area contributed by atoms with Crippen LogP contribution >= 0.6 is 12.4 Å². The molecule has 0 spiro atoms. The van der Waals surface area contributed by atoms with Crippen molar-refractivity contribution in [2.24, 2.45) is 17.6 Å². The van der Waals surface area contributed by atoms with Crippen LogP contribution in [-0.2, 0) is 9.53 Å². The first-order valence-corrected chi connectivity index (χ1v) is 6.88. The van der Waals surface area contributed by atoms with Crippen LogP contribution in [-0.4, -0.2) is 31.7 Å². The summed E-state index contributed by atoms with van der Waals surface area (Å²) >= 11 is 0. The fourth-order valence-corrected chi connectivity index (χ4v) is 2.87. The Bertz CT molecular complexity index is 251. The van der Waals surface area contributed by atoms with Gasteiger partial charge >= 0.3 is 0 Å². The summed E-state index contributed by atoms with van der Waals surface area (Å²) in [6, 6.07) is -0.347. The quantitative estimate of drug-likeness (QED) is 0.817. The van der Waals surface area contributed by atoms with Gasteiger partial charge in [-0.1, -0.05) is 12.8 Å². The van der Waals surface area contributed by atoms with E-state index in [-0.39, 0.29) is 24.4 Å². The standard InChI is InChI=1S/C13H24N2O2.ClH/c14-12(11-5-7-17-8-6-11)13(16)15-9-10-3-1-2-4-10;/h10-12H,1-9,14H2,(H,15,16);1H. The number of amides is 1. The maximum atomic E-state index is 11.9. The molecule has 2 fully saturated rings. The Hall–Kier alpha value is -0.320. The van der Waals surface area contributed by atoms with Crippen molar-refractivity contribution < 1.29 is 9.53 Å². The van der Waals surface area contributed by atoms with E-state index in [2.05, 4.69) is 5.32 Å². The summed E-state index contributed by atoms with van der Waals surface area (Å²) in [6.45, 7) is 2.30. The maximum absolute atomic E-state index is 11.9. The lowest BCUT2D eigenvalue weighted by molar-refractivity contribution is -0.124. The molecule has 1 saturated heterocycles. The van der Waals surface area contributed by atoms with E-state index in [0.717, 1.165) is 32.6 Å². The molecular formula is C13H25ClN2O2. The molecule has 3 N–H and O–H groups in total. The Morgan fingerprint density at radius 2 is 1.83 bits per heavy atom. The second-order valence-electron chi connectivity index (χ2n) is 5.37. The second-order valence-corrected chi connectivity index (χ2v) is 5.37. The number of halogens is 1. The SMILES string of the molecule is Cl.NC(C(=O)NCC1CCCC1)C1CCOCC1. The smallest absolute Gasteiger partial charge is 0.237 e. The zero-order chi connectivity index (χ0) is 12.1. The molecule has 1 unspecified atom stereocenters. The number of rotatable bonds is 4. The summed E-state index contributed by atoms with van der Waals surface area (Å²) in [5.41, 5.74) is 6.01. The zero-order valence-electron chi connectivity index (χ0n) is 10.9. The maximum Gasteiger partial charge on any atom is 0.237 e. The van der Waals surface area contributed by atoms with Gasteiger partial charge in [-0.25, -0.2) is 0 Å². The molecule has 2 rings (SSSR count). The normalized spacial score (nSPS) is 23.4. The fraction of sp³-hybridized carbons (Fsp3) is 0.923. The summed E-state index contributed by atoms with van der Waals surface area (Å²) in [6.07, 6.45) is 6.97. The lowest BCUT2D eigenvalue weighted by Gasteiger charge is -2.27. The first-order valence-electron chi connectivity index (χ1n) is 6.88. The van der Waals surface area contributed by atoms with Crippen LogP contribution < -0.4 is 11.1 Å². The van der Waals surface area contributed by atoms with Crippen LogP contribution in [0.3, 0.4) is 0 Å². The second kappa shape index (κ2) is 7.97. The van der Waals surface area contributed by atoms with Gasteiger partial charge in [0.1, 0.15) is 0 Å². The molecule has 0 aromatic rings. The van der Waals surface area contributed by atoms with Gasteiger partial charge in [-0.2, -0.15) is 0 Å². The van der Waals surface area contributed by atoms with Gasteiger partial charge in [-0.3, -0.25) is 4.79 Å². The van der Waals surface area contributed by atoms with Crippen molar-refractivity contribution in [3.63, 3.8) is 0 Å². The summed E-state index contributed by atoms with van der Waals surface area (Å²) in [5, 5.41) is 3.02. The molecule has 1 aliphatic carbocycles. The molecule has 4 nitrogen and oxygen atoms in total. The molecule has 1 aliphatic heterocycles. The number of hydrogen-bond donors (Lipinski definition) is 2. The minimum Gasteiger partial charge on any atom is -0.381 e. The average Bonchev–Trinajstić information content (AvgIpc) is 2.89. The van der Waals surface area contributed by atoms with Gasteiger partial charge in [0, 0.05) is 19.8 Å². The number of carbonyl (C=O) groups is 1. The van der Waals surface area contributed by atoms with Gasteiger partial charge in [0.25, 0.3) is 0 Å². The number of nitrogens with one attached hydrogen (secondary N) is 1. The fourth-order valence-electron chi connectivity index (χ4n) is 2.87. The predicted molar refractivity (Wildman–Crippen MR) is 73.7 cm³/mol. The third kappa shape index (κ3) is 4.41. The Morgan fingerprint density at radius 3 is 2.44 bits per heavy atom. The number of carbonyl (C=O) groups excluding carboxylic acids is 1. The molecule has 0 bridgehead atoms. The number of ether oxygens (including phenoxy) is 1. The molecular weight excluding hydrogens is 252 g/mol. The number of nitrogens with two attached hydrogens (primary N) is 1. The highest BCUT2D eigenvalue weighted by atomic mass is 35.5. The van der Waals surface area contributed by atoms with Crippen molar-refractivity contribution in [3.8, 4) is 0 Å². The predicted octanol–water partition coefficient (Wildman–Crippen LogP) is 1.47. The van der Waals surface area contributed by atoms with E-state index in [1.165, 1.54) is 25.7 Å². The minimum absolute atomic E-state index is 0. The van der Waals surface area contributed by atoms with Crippen LogP contribution in [0, 0.1) is 11.8 Å². The molecule has 106 valence electrons. The van der Waals surface area contributed by atoms with Crippen molar-refractivity contribution in [1.29, 1.82) is 0 Å². The van der Waals surface area contributed by atoms with Crippen molar-refractivity contribution in [2.45, 2.75) is 44.6 Å². The highest BCUT2D eigenvalue weighted by molar-refractivity contribution is 5.85. The van der Waals surface area contributed by atoms with Crippen molar-refractivity contribution in [2.75, 3.05) is 19.8 Å². The van der Waals surface area contributed by atoms with Crippen LogP contribution in [0.2, 0.25) is 0 Å². The molecule has 1 amide bonds. The summed E-state index contributed by atoms with van der Waals surface area (Å²) < 4.78 is 5.28. The van der Waals surface area contributed by atoms with E-state index in [9.17, 15) is 4.79 Å². The highest BCUT2D eigenvalue weighted by Gasteiger charge is 2.27. The van der Waals surface area contributed by atoms with Gasteiger partial charge in [-0.15, -0.1) is 12.4 Å². The van der Waals surface area contributed by atoms with E-state index in [4.69, 9.17) is 10.5 Å². The number of hydrogen-bond acceptors (Lipinski definition) is 3. The van der Waals surface area contributed by atoms with Crippen LogP contribution in [0.5, 0.6) is 0 Å². The Balaban J connectivity index is 0.00000162. The Kier molecular flexibility index (Phi) is 6.97. The third-order valence-corrected chi connectivity index (χ3v) is 4.12. The van der Waals surface area contributed by atoms with Crippen LogP contribution in [0.1, 0.15) is 38.5 Å². The first-order chi connectivity index (χ1) is 8.27. The van der Waals surface area contributed by atoms with Gasteiger partial charge in [-0.05, 0) is 37.5 Å². The van der Waals surface area contributed by atoms with Crippen LogP contribution in [0.25, 0.3) is 0 Å². The van der Waals surface area contributed by atoms with Gasteiger partial charge in [0.2, 0.25) is 5.91 Å². The summed E-state index contributed by atoms with van der Waals surface area (Å²) in [7, 11) is 0. The zero-order valence-corrected chi connectivity index (χ0v) is 11.7. The Labute approximate surface area is 115 Å². The first kappa shape index (κ1) is 15.7. The lowest BCUT2D eigenvalue weighted by Crippen LogP contribution is -2.48. The third-order valence-electron chi connectivity index (χ3n) is 4.12. The van der Waals surface area contributed by atoms with E-state index in [1.54, 1.807) is 0 Å². The monoisotopic (exact) mass is 276 g/mol.